The molecule has 4 unspecified atom stereocenters. The predicted octanol–water partition coefficient (Wildman–Crippen LogP) is 12.3. The summed E-state index contributed by atoms with van der Waals surface area (Å²) >= 11 is 0. The number of aliphatic hydroxyl groups excluding tert-OH is 3. The van der Waals surface area contributed by atoms with Crippen molar-refractivity contribution in [1.29, 1.82) is 0 Å². The number of rotatable bonds is 45. The van der Waals surface area contributed by atoms with Crippen LogP contribution in [0.4, 0.5) is 0 Å². The molecule has 0 aromatic heterocycles. The summed E-state index contributed by atoms with van der Waals surface area (Å²) in [5.41, 5.74) is 0. The molecule has 0 aliphatic rings. The Morgan fingerprint density at radius 1 is 0.439 bits per heavy atom. The molecule has 57 heavy (non-hydrogen) atoms. The molecule has 0 heterocycles. The number of nitrogens with zero attached hydrogens (tertiary/aromatic N) is 1. The van der Waals surface area contributed by atoms with Gasteiger partial charge in [-0.2, -0.15) is 0 Å². The lowest BCUT2D eigenvalue weighted by Crippen LogP contribution is -2.38. The van der Waals surface area contributed by atoms with Crippen molar-refractivity contribution in [3.05, 3.63) is 0 Å². The number of carbonyl (C=O) groups excluding carboxylic acids is 2. The maximum Gasteiger partial charge on any atom is 0.305 e. The molecule has 0 rings (SSSR count). The minimum Gasteiger partial charge on any atom is -0.466 e. The van der Waals surface area contributed by atoms with Gasteiger partial charge in [-0.1, -0.05) is 169 Å². The summed E-state index contributed by atoms with van der Waals surface area (Å²) in [4.78, 5) is 27.1. The van der Waals surface area contributed by atoms with E-state index in [1.165, 1.54) is 128 Å². The molecule has 3 N–H and O–H groups in total. The normalized spacial score (nSPS) is 13.8. The van der Waals surface area contributed by atoms with Crippen LogP contribution in [0.2, 0.25) is 0 Å². The second kappa shape index (κ2) is 42.9. The topological polar surface area (TPSA) is 117 Å². The van der Waals surface area contributed by atoms with Crippen molar-refractivity contribution in [3.63, 3.8) is 0 Å². The molecule has 0 radical (unpaired) electrons. The van der Waals surface area contributed by atoms with Gasteiger partial charge in [-0.05, 0) is 76.2 Å². The van der Waals surface area contributed by atoms with Crippen molar-refractivity contribution >= 4 is 11.9 Å². The largest absolute Gasteiger partial charge is 0.466 e. The van der Waals surface area contributed by atoms with E-state index in [2.05, 4.69) is 32.6 Å². The summed E-state index contributed by atoms with van der Waals surface area (Å²) in [5, 5.41) is 31.0. The van der Waals surface area contributed by atoms with Crippen LogP contribution in [0.15, 0.2) is 0 Å². The number of unbranched alkanes of at least 4 members (excludes halogenated alkanes) is 16. The molecule has 0 spiro atoms. The molecule has 0 fully saturated rings. The van der Waals surface area contributed by atoms with Gasteiger partial charge in [-0.25, -0.2) is 0 Å². The Hall–Kier alpha value is -1.22. The summed E-state index contributed by atoms with van der Waals surface area (Å²) in [6, 6.07) is 0. The fraction of sp³-hybridized carbons (Fsp3) is 0.959. The highest BCUT2D eigenvalue weighted by molar-refractivity contribution is 5.69. The standard InChI is InChI=1S/C49H97NO7/c1-5-9-13-15-20-30-44(28-18-11-7-3)36-40-56-48(54)34-24-22-32-46(52)42-50(38-26-17-27-39-51)43-47(53)33-23-25-35-49(55)57-41-37-45(29-19-12-8-4)31-21-16-14-10-6-2/h44-47,51-53H,5-43H2,1-4H3. The first-order valence-electron chi connectivity index (χ1n) is 24.8. The first kappa shape index (κ1) is 55.8. The van der Waals surface area contributed by atoms with Gasteiger partial charge in [0, 0.05) is 32.5 Å². The van der Waals surface area contributed by atoms with Crippen LogP contribution in [0.25, 0.3) is 0 Å². The fourth-order valence-corrected chi connectivity index (χ4v) is 8.09. The van der Waals surface area contributed by atoms with Gasteiger partial charge in [-0.3, -0.25) is 14.5 Å². The molecule has 0 amide bonds. The SMILES string of the molecule is CCCCCCCC(CCCCC)CCOC(=O)CCCCC(O)CN(CCCCCO)CC(O)CCCCC(=O)OCCC(CCCCC)CCCCCCC. The van der Waals surface area contributed by atoms with Gasteiger partial charge in [0.15, 0.2) is 0 Å². The summed E-state index contributed by atoms with van der Waals surface area (Å²) in [5.74, 6) is 1.04. The van der Waals surface area contributed by atoms with Crippen molar-refractivity contribution in [3.8, 4) is 0 Å². The smallest absolute Gasteiger partial charge is 0.305 e. The molecule has 0 aliphatic heterocycles. The monoisotopic (exact) mass is 812 g/mol. The van der Waals surface area contributed by atoms with Gasteiger partial charge in [0.2, 0.25) is 0 Å². The predicted molar refractivity (Wildman–Crippen MR) is 239 cm³/mol. The Bertz CT molecular complexity index is 796. The second-order valence-electron chi connectivity index (χ2n) is 17.5. The van der Waals surface area contributed by atoms with Crippen LogP contribution in [0.3, 0.4) is 0 Å². The van der Waals surface area contributed by atoms with E-state index in [4.69, 9.17) is 9.47 Å². The van der Waals surface area contributed by atoms with Crippen LogP contribution in [0.1, 0.15) is 240 Å². The maximum absolute atomic E-state index is 12.5. The number of hydrogen-bond acceptors (Lipinski definition) is 8. The van der Waals surface area contributed by atoms with E-state index in [0.717, 1.165) is 51.5 Å². The van der Waals surface area contributed by atoms with Crippen molar-refractivity contribution in [1.82, 2.24) is 4.90 Å². The average Bonchev–Trinajstić information content (AvgIpc) is 3.19. The third-order valence-corrected chi connectivity index (χ3v) is 11.8. The van der Waals surface area contributed by atoms with E-state index in [0.29, 0.717) is 76.7 Å². The van der Waals surface area contributed by atoms with Crippen molar-refractivity contribution in [2.75, 3.05) is 39.5 Å². The molecule has 0 saturated carbocycles. The Morgan fingerprint density at radius 3 is 1.19 bits per heavy atom. The van der Waals surface area contributed by atoms with E-state index in [9.17, 15) is 24.9 Å². The third-order valence-electron chi connectivity index (χ3n) is 11.8. The van der Waals surface area contributed by atoms with Gasteiger partial charge < -0.3 is 24.8 Å². The van der Waals surface area contributed by atoms with E-state index >= 15 is 0 Å². The molecular formula is C49H97NO7. The lowest BCUT2D eigenvalue weighted by molar-refractivity contribution is -0.145. The molecule has 8 heteroatoms. The Balaban J connectivity index is 4.47. The lowest BCUT2D eigenvalue weighted by atomic mass is 9.92. The van der Waals surface area contributed by atoms with E-state index in [-0.39, 0.29) is 18.5 Å². The number of carbonyl (C=O) groups is 2. The van der Waals surface area contributed by atoms with Crippen LogP contribution in [0, 0.1) is 11.8 Å². The number of aliphatic hydroxyl groups is 3. The first-order chi connectivity index (χ1) is 27.8. The van der Waals surface area contributed by atoms with Crippen LogP contribution in [-0.2, 0) is 19.1 Å². The molecule has 340 valence electrons. The van der Waals surface area contributed by atoms with E-state index in [1.807, 2.05) is 0 Å². The Morgan fingerprint density at radius 2 is 0.789 bits per heavy atom. The maximum atomic E-state index is 12.5. The lowest BCUT2D eigenvalue weighted by Gasteiger charge is -2.27. The number of hydrogen-bond donors (Lipinski definition) is 3. The quantitative estimate of drug-likeness (QED) is 0.0411. The Labute approximate surface area is 353 Å². The van der Waals surface area contributed by atoms with Gasteiger partial charge in [0.25, 0.3) is 0 Å². The van der Waals surface area contributed by atoms with Crippen molar-refractivity contribution in [2.45, 2.75) is 252 Å². The Kier molecular flexibility index (Phi) is 42.0. The van der Waals surface area contributed by atoms with Crippen LogP contribution < -0.4 is 0 Å². The van der Waals surface area contributed by atoms with E-state index < -0.39 is 12.2 Å². The summed E-state index contributed by atoms with van der Waals surface area (Å²) in [7, 11) is 0. The highest BCUT2D eigenvalue weighted by Crippen LogP contribution is 2.23. The summed E-state index contributed by atoms with van der Waals surface area (Å²) in [6.07, 6.45) is 33.9. The van der Waals surface area contributed by atoms with Gasteiger partial charge in [0.05, 0.1) is 25.4 Å². The zero-order chi connectivity index (χ0) is 42.0. The minimum absolute atomic E-state index is 0.128. The van der Waals surface area contributed by atoms with Crippen molar-refractivity contribution in [2.24, 2.45) is 11.8 Å². The van der Waals surface area contributed by atoms with Crippen molar-refractivity contribution < 1.29 is 34.4 Å². The van der Waals surface area contributed by atoms with E-state index in [1.54, 1.807) is 0 Å². The zero-order valence-corrected chi connectivity index (χ0v) is 38.3. The minimum atomic E-state index is -0.533. The van der Waals surface area contributed by atoms with Crippen LogP contribution in [0.5, 0.6) is 0 Å². The molecule has 0 saturated heterocycles. The highest BCUT2D eigenvalue weighted by Gasteiger charge is 2.17. The zero-order valence-electron chi connectivity index (χ0n) is 38.3. The molecular weight excluding hydrogens is 715 g/mol. The third kappa shape index (κ3) is 38.7. The molecule has 0 bridgehead atoms. The highest BCUT2D eigenvalue weighted by atomic mass is 16.5. The molecule has 4 atom stereocenters. The summed E-state index contributed by atoms with van der Waals surface area (Å²) in [6.45, 7) is 11.9. The van der Waals surface area contributed by atoms with Gasteiger partial charge in [-0.15, -0.1) is 0 Å². The second-order valence-corrected chi connectivity index (χ2v) is 17.5. The molecule has 0 aromatic rings. The fourth-order valence-electron chi connectivity index (χ4n) is 8.09. The van der Waals surface area contributed by atoms with Crippen LogP contribution in [-0.4, -0.2) is 83.8 Å². The molecule has 0 aromatic carbocycles. The molecule has 0 aliphatic carbocycles. The molecule has 8 nitrogen and oxygen atoms in total. The van der Waals surface area contributed by atoms with Gasteiger partial charge >= 0.3 is 11.9 Å². The first-order valence-corrected chi connectivity index (χ1v) is 24.8. The van der Waals surface area contributed by atoms with Gasteiger partial charge in [0.1, 0.15) is 0 Å². The number of ether oxygens (including phenoxy) is 2. The number of esters is 2. The van der Waals surface area contributed by atoms with Crippen LogP contribution >= 0.6 is 0 Å². The average molecular weight is 812 g/mol. The summed E-state index contributed by atoms with van der Waals surface area (Å²) < 4.78 is 11.3.